The van der Waals surface area contributed by atoms with Gasteiger partial charge in [0.25, 0.3) is 0 Å². The van der Waals surface area contributed by atoms with Gasteiger partial charge in [0.1, 0.15) is 0 Å². The Bertz CT molecular complexity index is 591. The van der Waals surface area contributed by atoms with Crippen molar-refractivity contribution in [3.8, 4) is 22.6 Å². The minimum atomic E-state index is -1.00. The van der Waals surface area contributed by atoms with Gasteiger partial charge in [-0.15, -0.1) is 0 Å². The minimum Gasteiger partial charge on any atom is -0.493 e. The first-order valence-corrected chi connectivity index (χ1v) is 5.72. The predicted octanol–water partition coefficient (Wildman–Crippen LogP) is 3.07. The second kappa shape index (κ2) is 5.44. The van der Waals surface area contributed by atoms with Crippen LogP contribution in [0.3, 0.4) is 0 Å². The highest BCUT2D eigenvalue weighted by molar-refractivity contribution is 5.98. The fourth-order valence-corrected chi connectivity index (χ4v) is 2.00. The lowest BCUT2D eigenvalue weighted by molar-refractivity contribution is 0.0697. The monoisotopic (exact) mass is 258 g/mol. The van der Waals surface area contributed by atoms with E-state index in [2.05, 4.69) is 0 Å². The number of aromatic carboxylic acids is 1. The molecule has 19 heavy (non-hydrogen) atoms. The van der Waals surface area contributed by atoms with Crippen LogP contribution in [-0.4, -0.2) is 25.3 Å². The van der Waals surface area contributed by atoms with E-state index in [4.69, 9.17) is 9.47 Å². The number of hydrogen-bond donors (Lipinski definition) is 1. The molecule has 0 aliphatic heterocycles. The fraction of sp³-hybridized carbons (Fsp3) is 0.133. The van der Waals surface area contributed by atoms with Crippen LogP contribution in [0.15, 0.2) is 42.5 Å². The molecule has 98 valence electrons. The Morgan fingerprint density at radius 1 is 1.00 bits per heavy atom. The number of rotatable bonds is 4. The van der Waals surface area contributed by atoms with Crippen molar-refractivity contribution >= 4 is 5.97 Å². The van der Waals surface area contributed by atoms with Gasteiger partial charge in [0.2, 0.25) is 0 Å². The molecule has 0 spiro atoms. The normalized spacial score (nSPS) is 10.0. The topological polar surface area (TPSA) is 55.8 Å². The SMILES string of the molecule is COc1ccc(C(=O)O)c(-c2ccccc2)c1OC. The summed E-state index contributed by atoms with van der Waals surface area (Å²) in [6.45, 7) is 0. The average Bonchev–Trinajstić information content (AvgIpc) is 2.46. The molecule has 0 bridgehead atoms. The van der Waals surface area contributed by atoms with Crippen LogP contribution in [0.4, 0.5) is 0 Å². The number of carboxylic acid groups (broad SMARTS) is 1. The van der Waals surface area contributed by atoms with E-state index in [1.54, 1.807) is 6.07 Å². The summed E-state index contributed by atoms with van der Waals surface area (Å²) < 4.78 is 10.5. The van der Waals surface area contributed by atoms with Crippen molar-refractivity contribution in [1.29, 1.82) is 0 Å². The van der Waals surface area contributed by atoms with Crippen LogP contribution in [0, 0.1) is 0 Å². The molecule has 1 N–H and O–H groups in total. The standard InChI is InChI=1S/C15H14O4/c1-18-12-9-8-11(15(16)17)13(14(12)19-2)10-6-4-3-5-7-10/h3-9H,1-2H3,(H,16,17). The van der Waals surface area contributed by atoms with Gasteiger partial charge in [0.15, 0.2) is 11.5 Å². The predicted molar refractivity (Wildman–Crippen MR) is 71.9 cm³/mol. The molecular formula is C15H14O4. The molecule has 0 radical (unpaired) electrons. The maximum absolute atomic E-state index is 11.4. The van der Waals surface area contributed by atoms with E-state index in [1.807, 2.05) is 30.3 Å². The van der Waals surface area contributed by atoms with Crippen LogP contribution >= 0.6 is 0 Å². The van der Waals surface area contributed by atoms with Gasteiger partial charge in [-0.1, -0.05) is 30.3 Å². The van der Waals surface area contributed by atoms with Gasteiger partial charge in [0.05, 0.1) is 19.8 Å². The van der Waals surface area contributed by atoms with E-state index >= 15 is 0 Å². The maximum Gasteiger partial charge on any atom is 0.336 e. The van der Waals surface area contributed by atoms with Crippen molar-refractivity contribution in [2.75, 3.05) is 14.2 Å². The van der Waals surface area contributed by atoms with E-state index in [-0.39, 0.29) is 5.56 Å². The van der Waals surface area contributed by atoms with Crippen LogP contribution < -0.4 is 9.47 Å². The molecule has 0 fully saturated rings. The smallest absolute Gasteiger partial charge is 0.336 e. The van der Waals surface area contributed by atoms with Gasteiger partial charge < -0.3 is 14.6 Å². The number of methoxy groups -OCH3 is 2. The Labute approximate surface area is 111 Å². The largest absolute Gasteiger partial charge is 0.493 e. The van der Waals surface area contributed by atoms with Crippen LogP contribution in [0.2, 0.25) is 0 Å². The van der Waals surface area contributed by atoms with Crippen LogP contribution in [-0.2, 0) is 0 Å². The summed E-state index contributed by atoms with van der Waals surface area (Å²) in [4.78, 5) is 11.4. The molecular weight excluding hydrogens is 244 g/mol. The summed E-state index contributed by atoms with van der Waals surface area (Å²) in [5.41, 5.74) is 1.48. The summed E-state index contributed by atoms with van der Waals surface area (Å²) in [7, 11) is 3.02. The van der Waals surface area contributed by atoms with Crippen LogP contribution in [0.5, 0.6) is 11.5 Å². The number of hydrogen-bond acceptors (Lipinski definition) is 3. The second-order valence-corrected chi connectivity index (χ2v) is 3.89. The van der Waals surface area contributed by atoms with Crippen molar-refractivity contribution in [3.05, 3.63) is 48.0 Å². The quantitative estimate of drug-likeness (QED) is 0.915. The van der Waals surface area contributed by atoms with E-state index in [0.29, 0.717) is 17.1 Å². The minimum absolute atomic E-state index is 0.184. The Morgan fingerprint density at radius 2 is 1.68 bits per heavy atom. The number of benzene rings is 2. The van der Waals surface area contributed by atoms with Crippen LogP contribution in [0.1, 0.15) is 10.4 Å². The molecule has 0 aliphatic carbocycles. The number of ether oxygens (including phenoxy) is 2. The van der Waals surface area contributed by atoms with Gasteiger partial charge in [0, 0.05) is 5.56 Å². The van der Waals surface area contributed by atoms with Crippen molar-refractivity contribution in [1.82, 2.24) is 0 Å². The first-order valence-electron chi connectivity index (χ1n) is 5.72. The molecule has 0 saturated heterocycles. The first-order chi connectivity index (χ1) is 9.19. The average molecular weight is 258 g/mol. The third-order valence-corrected chi connectivity index (χ3v) is 2.84. The summed E-state index contributed by atoms with van der Waals surface area (Å²) >= 11 is 0. The first kappa shape index (κ1) is 13.0. The third kappa shape index (κ3) is 2.38. The Kier molecular flexibility index (Phi) is 3.71. The summed E-state index contributed by atoms with van der Waals surface area (Å²) in [5, 5.41) is 9.31. The molecule has 0 saturated carbocycles. The fourth-order valence-electron chi connectivity index (χ4n) is 2.00. The zero-order chi connectivity index (χ0) is 13.8. The lowest BCUT2D eigenvalue weighted by Crippen LogP contribution is -2.03. The van der Waals surface area contributed by atoms with E-state index in [1.165, 1.54) is 20.3 Å². The van der Waals surface area contributed by atoms with Crippen molar-refractivity contribution in [3.63, 3.8) is 0 Å². The summed E-state index contributed by atoms with van der Waals surface area (Å²) in [6.07, 6.45) is 0. The van der Waals surface area contributed by atoms with Crippen molar-refractivity contribution in [2.24, 2.45) is 0 Å². The molecule has 0 amide bonds. The molecule has 4 nitrogen and oxygen atoms in total. The molecule has 0 unspecified atom stereocenters. The molecule has 2 aromatic rings. The van der Waals surface area contributed by atoms with E-state index < -0.39 is 5.97 Å². The van der Waals surface area contributed by atoms with E-state index in [0.717, 1.165) is 5.56 Å². The van der Waals surface area contributed by atoms with Gasteiger partial charge in [-0.2, -0.15) is 0 Å². The van der Waals surface area contributed by atoms with Gasteiger partial charge in [-0.3, -0.25) is 0 Å². The zero-order valence-corrected chi connectivity index (χ0v) is 10.7. The highest BCUT2D eigenvalue weighted by atomic mass is 16.5. The van der Waals surface area contributed by atoms with Gasteiger partial charge in [-0.25, -0.2) is 4.79 Å². The Balaban J connectivity index is 2.77. The number of carboxylic acids is 1. The zero-order valence-electron chi connectivity index (χ0n) is 10.7. The number of carbonyl (C=O) groups is 1. The van der Waals surface area contributed by atoms with Crippen molar-refractivity contribution < 1.29 is 19.4 Å². The van der Waals surface area contributed by atoms with E-state index in [9.17, 15) is 9.90 Å². The molecule has 0 heterocycles. The molecule has 2 rings (SSSR count). The molecule has 2 aromatic carbocycles. The van der Waals surface area contributed by atoms with Crippen LogP contribution in [0.25, 0.3) is 11.1 Å². The van der Waals surface area contributed by atoms with Gasteiger partial charge in [-0.05, 0) is 17.7 Å². The Hall–Kier alpha value is -2.49. The molecule has 0 aromatic heterocycles. The Morgan fingerprint density at radius 3 is 2.21 bits per heavy atom. The summed E-state index contributed by atoms with van der Waals surface area (Å²) in [6, 6.07) is 12.4. The second-order valence-electron chi connectivity index (χ2n) is 3.89. The highest BCUT2D eigenvalue weighted by Crippen LogP contribution is 2.40. The molecule has 0 aliphatic rings. The maximum atomic E-state index is 11.4. The molecule has 0 atom stereocenters. The van der Waals surface area contributed by atoms with Gasteiger partial charge >= 0.3 is 5.97 Å². The van der Waals surface area contributed by atoms with Crippen molar-refractivity contribution in [2.45, 2.75) is 0 Å². The lowest BCUT2D eigenvalue weighted by Gasteiger charge is -2.15. The lowest BCUT2D eigenvalue weighted by atomic mass is 9.98. The third-order valence-electron chi connectivity index (χ3n) is 2.84. The summed E-state index contributed by atoms with van der Waals surface area (Å²) in [5.74, 6) is -0.0697. The molecule has 4 heteroatoms. The highest BCUT2D eigenvalue weighted by Gasteiger charge is 2.20.